The molecule has 3 aromatic carbocycles. The number of hydrogen-bond acceptors (Lipinski definition) is 3. The Morgan fingerprint density at radius 1 is 0.824 bits per heavy atom. The van der Waals surface area contributed by atoms with E-state index >= 15 is 0 Å². The molecule has 0 unspecified atom stereocenters. The molecule has 0 radical (unpaired) electrons. The van der Waals surface area contributed by atoms with Gasteiger partial charge in [0.1, 0.15) is 6.61 Å². The van der Waals surface area contributed by atoms with Crippen molar-refractivity contribution in [2.24, 2.45) is 5.92 Å². The molecular weight excluding hydrogens is 424 g/mol. The van der Waals surface area contributed by atoms with Crippen molar-refractivity contribution in [3.05, 3.63) is 95.6 Å². The van der Waals surface area contributed by atoms with Crippen LogP contribution in [0.25, 0.3) is 11.1 Å². The third-order valence-corrected chi connectivity index (χ3v) is 6.69. The van der Waals surface area contributed by atoms with Crippen molar-refractivity contribution < 1.29 is 14.3 Å². The Bertz CT molecular complexity index is 1120. The molecule has 2 fully saturated rings. The van der Waals surface area contributed by atoms with E-state index in [-0.39, 0.29) is 24.0 Å². The second kappa shape index (κ2) is 10.1. The van der Waals surface area contributed by atoms with Crippen LogP contribution < -0.4 is 5.32 Å². The summed E-state index contributed by atoms with van der Waals surface area (Å²) in [4.78, 5) is 26.4. The monoisotopic (exact) mass is 454 g/mol. The molecule has 1 aliphatic carbocycles. The van der Waals surface area contributed by atoms with E-state index in [1.165, 1.54) is 0 Å². The fraction of sp³-hybridized carbons (Fsp3) is 0.310. The number of rotatable bonds is 7. The molecular formula is C29H30N2O3. The first-order chi connectivity index (χ1) is 16.7. The minimum atomic E-state index is -0.250. The molecule has 1 N–H and O–H groups in total. The first-order valence-electron chi connectivity index (χ1n) is 12.1. The van der Waals surface area contributed by atoms with Gasteiger partial charge in [-0.3, -0.25) is 4.79 Å². The Labute approximate surface area is 200 Å². The number of carbonyl (C=O) groups excluding carboxylic acids is 2. The Morgan fingerprint density at radius 3 is 2.18 bits per heavy atom. The highest BCUT2D eigenvalue weighted by molar-refractivity contribution is 5.80. The van der Waals surface area contributed by atoms with Crippen LogP contribution in [-0.2, 0) is 22.7 Å². The van der Waals surface area contributed by atoms with Gasteiger partial charge in [0.15, 0.2) is 0 Å². The lowest BCUT2D eigenvalue weighted by Crippen LogP contribution is -2.31. The van der Waals surface area contributed by atoms with Crippen molar-refractivity contribution in [2.75, 3.05) is 6.54 Å². The second-order valence-corrected chi connectivity index (χ2v) is 9.20. The van der Waals surface area contributed by atoms with E-state index in [2.05, 4.69) is 53.8 Å². The van der Waals surface area contributed by atoms with Gasteiger partial charge in [0.25, 0.3) is 0 Å². The molecule has 5 heteroatoms. The number of likely N-dealkylation sites (tertiary alicyclic amines) is 1. The molecule has 1 saturated carbocycles. The molecule has 5 rings (SSSR count). The van der Waals surface area contributed by atoms with E-state index in [1.807, 2.05) is 35.2 Å². The van der Waals surface area contributed by atoms with Gasteiger partial charge in [-0.05, 0) is 53.5 Å². The highest BCUT2D eigenvalue weighted by Crippen LogP contribution is 2.34. The van der Waals surface area contributed by atoms with Gasteiger partial charge < -0.3 is 15.0 Å². The Balaban J connectivity index is 1.19. The molecule has 3 aromatic rings. The van der Waals surface area contributed by atoms with Gasteiger partial charge in [0.05, 0.1) is 6.04 Å². The third-order valence-electron chi connectivity index (χ3n) is 6.69. The van der Waals surface area contributed by atoms with Gasteiger partial charge in [-0.1, -0.05) is 78.9 Å². The average molecular weight is 455 g/mol. The molecule has 34 heavy (non-hydrogen) atoms. The largest absolute Gasteiger partial charge is 0.445 e. The predicted molar refractivity (Wildman–Crippen MR) is 132 cm³/mol. The maximum atomic E-state index is 12.7. The number of benzene rings is 3. The number of amides is 2. The van der Waals surface area contributed by atoms with Gasteiger partial charge in [0.2, 0.25) is 5.91 Å². The lowest BCUT2D eigenvalue weighted by atomic mass is 9.99. The molecule has 1 aliphatic heterocycles. The number of hydrogen-bond donors (Lipinski definition) is 1. The number of nitrogens with zero attached hydrogens (tertiary/aromatic N) is 1. The summed E-state index contributed by atoms with van der Waals surface area (Å²) in [6, 6.07) is 26.6. The summed E-state index contributed by atoms with van der Waals surface area (Å²) in [5.74, 6) is 0.406. The van der Waals surface area contributed by atoms with Crippen LogP contribution in [0, 0.1) is 5.92 Å². The van der Waals surface area contributed by atoms with Crippen molar-refractivity contribution in [1.29, 1.82) is 0 Å². The molecule has 0 bridgehead atoms. The zero-order chi connectivity index (χ0) is 23.3. The number of nitrogens with one attached hydrogen (secondary N) is 1. The van der Waals surface area contributed by atoms with E-state index in [1.54, 1.807) is 0 Å². The van der Waals surface area contributed by atoms with E-state index in [4.69, 9.17) is 4.74 Å². The van der Waals surface area contributed by atoms with Crippen molar-refractivity contribution in [3.8, 4) is 11.1 Å². The molecule has 1 atom stereocenters. The summed E-state index contributed by atoms with van der Waals surface area (Å²) >= 11 is 0. The second-order valence-electron chi connectivity index (χ2n) is 9.20. The van der Waals surface area contributed by atoms with Crippen LogP contribution in [0.4, 0.5) is 4.79 Å². The summed E-state index contributed by atoms with van der Waals surface area (Å²) in [5, 5.41) is 3.01. The summed E-state index contributed by atoms with van der Waals surface area (Å²) < 4.78 is 5.58. The van der Waals surface area contributed by atoms with Crippen LogP contribution in [0.15, 0.2) is 78.9 Å². The van der Waals surface area contributed by atoms with Gasteiger partial charge >= 0.3 is 6.09 Å². The Morgan fingerprint density at radius 2 is 1.50 bits per heavy atom. The highest BCUT2D eigenvalue weighted by atomic mass is 16.6. The minimum absolute atomic E-state index is 0.0507. The SMILES string of the molecule is O=C(NCc1ccc(-c2ccc([C@@H]3CCCN3C(=O)OCc3ccccc3)cc2)cc1)C1CC1. The summed E-state index contributed by atoms with van der Waals surface area (Å²) in [6.45, 7) is 1.59. The van der Waals surface area contributed by atoms with Gasteiger partial charge in [-0.2, -0.15) is 0 Å². The first kappa shape index (κ1) is 22.2. The Hall–Kier alpha value is -3.60. The lowest BCUT2D eigenvalue weighted by molar-refractivity contribution is -0.122. The van der Waals surface area contributed by atoms with E-state index in [0.29, 0.717) is 13.2 Å². The zero-order valence-corrected chi connectivity index (χ0v) is 19.3. The van der Waals surface area contributed by atoms with Crippen molar-refractivity contribution in [2.45, 2.75) is 44.9 Å². The Kier molecular flexibility index (Phi) is 6.61. The molecule has 174 valence electrons. The molecule has 2 aliphatic rings. The summed E-state index contributed by atoms with van der Waals surface area (Å²) in [6.07, 6.45) is 3.72. The predicted octanol–water partition coefficient (Wildman–Crippen LogP) is 5.85. The van der Waals surface area contributed by atoms with Gasteiger partial charge in [0, 0.05) is 19.0 Å². The summed E-state index contributed by atoms with van der Waals surface area (Å²) in [5.41, 5.74) is 5.50. The van der Waals surface area contributed by atoms with Crippen molar-refractivity contribution in [3.63, 3.8) is 0 Å². The molecule has 1 heterocycles. The normalized spacial score (nSPS) is 17.4. The van der Waals surface area contributed by atoms with Crippen LogP contribution in [0.5, 0.6) is 0 Å². The van der Waals surface area contributed by atoms with Crippen LogP contribution in [0.3, 0.4) is 0 Å². The van der Waals surface area contributed by atoms with E-state index in [0.717, 1.165) is 60.0 Å². The van der Waals surface area contributed by atoms with Crippen LogP contribution >= 0.6 is 0 Å². The van der Waals surface area contributed by atoms with Crippen molar-refractivity contribution >= 4 is 12.0 Å². The molecule has 0 aromatic heterocycles. The number of carbonyl (C=O) groups is 2. The third kappa shape index (κ3) is 5.30. The highest BCUT2D eigenvalue weighted by Gasteiger charge is 2.31. The minimum Gasteiger partial charge on any atom is -0.445 e. The summed E-state index contributed by atoms with van der Waals surface area (Å²) in [7, 11) is 0. The lowest BCUT2D eigenvalue weighted by Gasteiger charge is -2.24. The number of ether oxygens (including phenoxy) is 1. The standard InChI is InChI=1S/C29H30N2O3/c32-28(26-16-17-26)30-19-21-8-10-23(11-9-21)24-12-14-25(15-13-24)27-7-4-18-31(27)29(33)34-20-22-5-2-1-3-6-22/h1-3,5-6,8-15,26-27H,4,7,16-20H2,(H,30,32)/t27-/m0/s1. The maximum absolute atomic E-state index is 12.7. The zero-order valence-electron chi connectivity index (χ0n) is 19.3. The van der Waals surface area contributed by atoms with E-state index < -0.39 is 0 Å². The maximum Gasteiger partial charge on any atom is 0.410 e. The average Bonchev–Trinajstić information content (AvgIpc) is 3.63. The van der Waals surface area contributed by atoms with Crippen LogP contribution in [0.1, 0.15) is 48.4 Å². The van der Waals surface area contributed by atoms with Gasteiger partial charge in [-0.25, -0.2) is 4.79 Å². The topological polar surface area (TPSA) is 58.6 Å². The van der Waals surface area contributed by atoms with Gasteiger partial charge in [-0.15, -0.1) is 0 Å². The fourth-order valence-electron chi connectivity index (χ4n) is 4.53. The van der Waals surface area contributed by atoms with Crippen LogP contribution in [-0.4, -0.2) is 23.4 Å². The van der Waals surface area contributed by atoms with Crippen molar-refractivity contribution in [1.82, 2.24) is 10.2 Å². The fourth-order valence-corrected chi connectivity index (χ4v) is 4.53. The van der Waals surface area contributed by atoms with E-state index in [9.17, 15) is 9.59 Å². The quantitative estimate of drug-likeness (QED) is 0.487. The molecule has 0 spiro atoms. The molecule has 1 saturated heterocycles. The molecule has 5 nitrogen and oxygen atoms in total. The molecule has 2 amide bonds. The van der Waals surface area contributed by atoms with Crippen LogP contribution in [0.2, 0.25) is 0 Å². The smallest absolute Gasteiger partial charge is 0.410 e. The first-order valence-corrected chi connectivity index (χ1v) is 12.1.